The minimum Gasteiger partial charge on any atom is -0.167 e. The van der Waals surface area contributed by atoms with E-state index in [9.17, 15) is 0 Å². The topological polar surface area (TPSA) is 0 Å². The molecule has 0 aromatic rings. The van der Waals surface area contributed by atoms with E-state index in [4.69, 9.17) is 55.4 Å². The molecule has 0 saturated carbocycles. The van der Waals surface area contributed by atoms with Crippen LogP contribution in [-0.4, -0.2) is 18.8 Å². The summed E-state index contributed by atoms with van der Waals surface area (Å²) in [6.07, 6.45) is -7.89. The fraction of sp³-hybridized carbons (Fsp3) is 1.00. The van der Waals surface area contributed by atoms with Crippen LogP contribution >= 0.6 is 55.4 Å². The molecule has 0 radical (unpaired) electrons. The molecule has 0 aliphatic rings. The van der Waals surface area contributed by atoms with Gasteiger partial charge in [-0.2, -0.15) is 11.1 Å². The maximum Gasteiger partial charge on any atom is 0.259 e. The van der Waals surface area contributed by atoms with Crippen LogP contribution < -0.4 is 0 Å². The molecule has 104 valence electrons. The molecule has 0 aliphatic heterocycles. The number of hydrogen-bond acceptors (Lipinski definition) is 0. The Hall–Kier alpha value is 2.10. The molecule has 0 heterocycles. The van der Waals surface area contributed by atoms with Gasteiger partial charge in [-0.15, -0.1) is 44.3 Å². The first kappa shape index (κ1) is 19.1. The maximum atomic E-state index is 6.98. The van der Waals surface area contributed by atoms with Crippen LogP contribution in [0.5, 0.6) is 0 Å². The Morgan fingerprint density at radius 3 is 0.882 bits per heavy atom. The van der Waals surface area contributed by atoms with Crippen molar-refractivity contribution in [3.8, 4) is 0 Å². The average molecular weight is 391 g/mol. The summed E-state index contributed by atoms with van der Waals surface area (Å²) in [5.41, 5.74) is 0.526. The van der Waals surface area contributed by atoms with E-state index >= 15 is 0 Å². The van der Waals surface area contributed by atoms with Crippen molar-refractivity contribution in [1.82, 2.24) is 0 Å². The van der Waals surface area contributed by atoms with Gasteiger partial charge in [-0.05, 0) is 16.6 Å². The van der Waals surface area contributed by atoms with Gasteiger partial charge in [-0.3, -0.25) is 0 Å². The Morgan fingerprint density at radius 1 is 0.529 bits per heavy atom. The second-order valence-corrected chi connectivity index (χ2v) is 39.6. The molecule has 0 aromatic heterocycles. The monoisotopic (exact) mass is 388 g/mol. The Balaban J connectivity index is 5.80. The molecule has 0 saturated heterocycles. The predicted molar refractivity (Wildman–Crippen MR) is 91.8 cm³/mol. The Morgan fingerprint density at radius 2 is 0.765 bits per heavy atom. The average Bonchev–Trinajstić information content (AvgIpc) is 2.14. The third-order valence-electron chi connectivity index (χ3n) is 3.22. The van der Waals surface area contributed by atoms with Crippen molar-refractivity contribution >= 4 is 74.2 Å². The van der Waals surface area contributed by atoms with Crippen molar-refractivity contribution in [2.75, 3.05) is 0 Å². The Bertz CT molecular complexity index is 245. The summed E-state index contributed by atoms with van der Waals surface area (Å²) in [5, 5.41) is 0. The molecule has 0 rings (SSSR count). The van der Waals surface area contributed by atoms with Crippen molar-refractivity contribution in [2.24, 2.45) is 0 Å². The standard InChI is InChI=1S/C9H21Cl5Si3/c1-7(2)15(10,11)17(14,9(5)6)16(12,13)8(3)4/h7-9H,1-6H3. The summed E-state index contributed by atoms with van der Waals surface area (Å²) in [5.74, 6) is 0. The van der Waals surface area contributed by atoms with Crippen LogP contribution in [0.4, 0.5) is 0 Å². The first-order chi connectivity index (χ1) is 7.33. The van der Waals surface area contributed by atoms with E-state index in [-0.39, 0.29) is 16.6 Å². The van der Waals surface area contributed by atoms with Gasteiger partial charge in [-0.1, -0.05) is 41.5 Å². The lowest BCUT2D eigenvalue weighted by Crippen LogP contribution is -2.70. The van der Waals surface area contributed by atoms with Gasteiger partial charge in [0.05, 0.1) is 0 Å². The van der Waals surface area contributed by atoms with Gasteiger partial charge < -0.3 is 0 Å². The first-order valence-corrected chi connectivity index (χ1v) is 19.1. The zero-order chi connectivity index (χ0) is 14.2. The van der Waals surface area contributed by atoms with Crippen molar-refractivity contribution in [3.05, 3.63) is 0 Å². The quantitative estimate of drug-likeness (QED) is 0.376. The van der Waals surface area contributed by atoms with Gasteiger partial charge in [0, 0.05) is 0 Å². The molecule has 0 N–H and O–H groups in total. The molecule has 0 atom stereocenters. The summed E-state index contributed by atoms with van der Waals surface area (Å²) >= 11 is 33.8. The first-order valence-electron chi connectivity index (χ1n) is 5.78. The number of hydrogen-bond donors (Lipinski definition) is 0. The summed E-state index contributed by atoms with van der Waals surface area (Å²) in [6.45, 7) is 12.2. The van der Waals surface area contributed by atoms with E-state index in [0.29, 0.717) is 0 Å². The fourth-order valence-corrected chi connectivity index (χ4v) is 58.8. The van der Waals surface area contributed by atoms with Crippen LogP contribution in [0.1, 0.15) is 41.5 Å². The van der Waals surface area contributed by atoms with Crippen LogP contribution in [0.25, 0.3) is 0 Å². The van der Waals surface area contributed by atoms with E-state index < -0.39 is 18.8 Å². The van der Waals surface area contributed by atoms with Gasteiger partial charge >= 0.3 is 0 Å². The predicted octanol–water partition coefficient (Wildman–Crippen LogP) is 6.40. The molecule has 0 fully saturated rings. The largest absolute Gasteiger partial charge is 0.259 e. The maximum absolute atomic E-state index is 6.98. The highest BCUT2D eigenvalue weighted by Crippen LogP contribution is 2.55. The van der Waals surface area contributed by atoms with Crippen molar-refractivity contribution in [1.29, 1.82) is 0 Å². The molecule has 0 aromatic carbocycles. The van der Waals surface area contributed by atoms with Gasteiger partial charge in [0.25, 0.3) is 12.4 Å². The molecule has 17 heavy (non-hydrogen) atoms. The van der Waals surface area contributed by atoms with Crippen molar-refractivity contribution < 1.29 is 0 Å². The Kier molecular flexibility index (Phi) is 7.02. The molecule has 0 nitrogen and oxygen atoms in total. The minimum absolute atomic E-state index is 0.167. The second kappa shape index (κ2) is 6.25. The molecule has 0 aliphatic carbocycles. The zero-order valence-corrected chi connectivity index (χ0v) is 17.9. The van der Waals surface area contributed by atoms with E-state index in [1.807, 2.05) is 27.7 Å². The van der Waals surface area contributed by atoms with Crippen LogP contribution in [0.3, 0.4) is 0 Å². The van der Waals surface area contributed by atoms with Crippen molar-refractivity contribution in [3.63, 3.8) is 0 Å². The highest BCUT2D eigenvalue weighted by molar-refractivity contribution is 8.07. The molecule has 0 spiro atoms. The third kappa shape index (κ3) is 3.23. The molecular formula is C9H21Cl5Si3. The van der Waals surface area contributed by atoms with Gasteiger partial charge in [0.1, 0.15) is 0 Å². The van der Waals surface area contributed by atoms with Crippen LogP contribution in [0.2, 0.25) is 16.6 Å². The summed E-state index contributed by atoms with van der Waals surface area (Å²) < 4.78 is 0. The van der Waals surface area contributed by atoms with E-state index in [1.165, 1.54) is 0 Å². The molecule has 0 bridgehead atoms. The second-order valence-electron chi connectivity index (χ2n) is 5.42. The molecule has 0 amide bonds. The van der Waals surface area contributed by atoms with Gasteiger partial charge in [0.2, 0.25) is 6.42 Å². The Labute approximate surface area is 131 Å². The van der Waals surface area contributed by atoms with Gasteiger partial charge in [0.15, 0.2) is 0 Å². The minimum atomic E-state index is -2.65. The smallest absolute Gasteiger partial charge is 0.167 e. The molecular weight excluding hydrogens is 370 g/mol. The number of halogens is 5. The highest BCUT2D eigenvalue weighted by atomic mass is 35.7. The SMILES string of the molecule is CC(C)[Si](Cl)(Cl)[Si](Cl)(C(C)C)[Si](Cl)(Cl)C(C)C. The summed E-state index contributed by atoms with van der Waals surface area (Å²) in [4.78, 5) is 0. The number of rotatable bonds is 5. The van der Waals surface area contributed by atoms with E-state index in [2.05, 4.69) is 13.8 Å². The normalized spacial score (nSPS) is 15.2. The summed E-state index contributed by atoms with van der Waals surface area (Å²) in [7, 11) is 0. The lowest BCUT2D eigenvalue weighted by atomic mass is 10.6. The molecule has 8 heteroatoms. The van der Waals surface area contributed by atoms with Crippen LogP contribution in [0.15, 0.2) is 0 Å². The lowest BCUT2D eigenvalue weighted by Gasteiger charge is -2.46. The van der Waals surface area contributed by atoms with Crippen LogP contribution in [0, 0.1) is 0 Å². The van der Waals surface area contributed by atoms with Crippen molar-refractivity contribution in [2.45, 2.75) is 58.2 Å². The third-order valence-corrected chi connectivity index (χ3v) is 61.3. The van der Waals surface area contributed by atoms with Crippen LogP contribution in [-0.2, 0) is 0 Å². The molecule has 0 unspecified atom stereocenters. The van der Waals surface area contributed by atoms with Gasteiger partial charge in [-0.25, -0.2) is 0 Å². The van der Waals surface area contributed by atoms with E-state index in [0.717, 1.165) is 0 Å². The zero-order valence-electron chi connectivity index (χ0n) is 11.1. The fourth-order valence-electron chi connectivity index (χ4n) is 1.83. The summed E-state index contributed by atoms with van der Waals surface area (Å²) in [6, 6.07) is 0. The highest BCUT2D eigenvalue weighted by Gasteiger charge is 2.70. The van der Waals surface area contributed by atoms with E-state index in [1.54, 1.807) is 0 Å². The lowest BCUT2D eigenvalue weighted by molar-refractivity contribution is 1.02.